The highest BCUT2D eigenvalue weighted by molar-refractivity contribution is 5.95. The van der Waals surface area contributed by atoms with E-state index in [2.05, 4.69) is 5.32 Å². The first-order chi connectivity index (χ1) is 8.66. The van der Waals surface area contributed by atoms with Crippen LogP contribution in [0.5, 0.6) is 0 Å². The monoisotopic (exact) mass is 252 g/mol. The van der Waals surface area contributed by atoms with Crippen molar-refractivity contribution in [3.63, 3.8) is 0 Å². The van der Waals surface area contributed by atoms with Crippen LogP contribution in [0.25, 0.3) is 0 Å². The maximum atomic E-state index is 12.4. The van der Waals surface area contributed by atoms with Crippen molar-refractivity contribution < 1.29 is 14.3 Å². The van der Waals surface area contributed by atoms with E-state index in [0.29, 0.717) is 5.92 Å². The smallest absolute Gasteiger partial charge is 0.246 e. The van der Waals surface area contributed by atoms with Gasteiger partial charge in [-0.05, 0) is 38.5 Å². The van der Waals surface area contributed by atoms with Crippen LogP contribution in [0.15, 0.2) is 0 Å². The molecule has 0 spiro atoms. The number of rotatable bonds is 3. The SMILES string of the molecule is CC(C1CCCO1)N1CC(=O)NC(C2CC2)C1=O. The molecule has 100 valence electrons. The number of ether oxygens (including phenoxy) is 1. The zero-order valence-corrected chi connectivity index (χ0v) is 10.7. The van der Waals surface area contributed by atoms with Crippen LogP contribution in [0.3, 0.4) is 0 Å². The van der Waals surface area contributed by atoms with Gasteiger partial charge in [-0.2, -0.15) is 0 Å². The van der Waals surface area contributed by atoms with Crippen molar-refractivity contribution >= 4 is 11.8 Å². The fourth-order valence-corrected chi connectivity index (χ4v) is 2.97. The molecule has 1 aliphatic carbocycles. The molecule has 2 saturated heterocycles. The third-order valence-corrected chi connectivity index (χ3v) is 4.27. The Morgan fingerprint density at radius 3 is 2.72 bits per heavy atom. The Labute approximate surface area is 107 Å². The van der Waals surface area contributed by atoms with Gasteiger partial charge in [0.1, 0.15) is 6.04 Å². The zero-order chi connectivity index (χ0) is 12.7. The summed E-state index contributed by atoms with van der Waals surface area (Å²) in [7, 11) is 0. The average molecular weight is 252 g/mol. The van der Waals surface area contributed by atoms with Crippen molar-refractivity contribution in [1.82, 2.24) is 10.2 Å². The molecule has 0 aromatic carbocycles. The maximum Gasteiger partial charge on any atom is 0.246 e. The van der Waals surface area contributed by atoms with Gasteiger partial charge in [0.15, 0.2) is 0 Å². The summed E-state index contributed by atoms with van der Waals surface area (Å²) in [4.78, 5) is 25.9. The number of nitrogens with zero attached hydrogens (tertiary/aromatic N) is 1. The van der Waals surface area contributed by atoms with Gasteiger partial charge >= 0.3 is 0 Å². The van der Waals surface area contributed by atoms with E-state index in [-0.39, 0.29) is 36.5 Å². The molecule has 2 heterocycles. The van der Waals surface area contributed by atoms with Gasteiger partial charge in [-0.15, -0.1) is 0 Å². The molecule has 5 heteroatoms. The topological polar surface area (TPSA) is 58.6 Å². The highest BCUT2D eigenvalue weighted by Gasteiger charge is 2.45. The van der Waals surface area contributed by atoms with Crippen LogP contribution < -0.4 is 5.32 Å². The van der Waals surface area contributed by atoms with E-state index in [0.717, 1.165) is 32.3 Å². The summed E-state index contributed by atoms with van der Waals surface area (Å²) in [6.45, 7) is 2.95. The number of carbonyl (C=O) groups is 2. The van der Waals surface area contributed by atoms with E-state index >= 15 is 0 Å². The molecule has 3 atom stereocenters. The molecular formula is C13H20N2O3. The van der Waals surface area contributed by atoms with Gasteiger partial charge in [-0.3, -0.25) is 9.59 Å². The summed E-state index contributed by atoms with van der Waals surface area (Å²) in [5.41, 5.74) is 0. The Balaban J connectivity index is 1.72. The number of piperazine rings is 1. The van der Waals surface area contributed by atoms with Gasteiger partial charge < -0.3 is 15.0 Å². The predicted octanol–water partition coefficient (Wildman–Crippen LogP) is 0.291. The lowest BCUT2D eigenvalue weighted by Crippen LogP contribution is -2.62. The first-order valence-corrected chi connectivity index (χ1v) is 6.88. The number of carbonyl (C=O) groups excluding carboxylic acids is 2. The van der Waals surface area contributed by atoms with E-state index in [1.165, 1.54) is 0 Å². The molecule has 18 heavy (non-hydrogen) atoms. The summed E-state index contributed by atoms with van der Waals surface area (Å²) in [6.07, 6.45) is 4.24. The Morgan fingerprint density at radius 2 is 2.11 bits per heavy atom. The molecule has 5 nitrogen and oxygen atoms in total. The van der Waals surface area contributed by atoms with Crippen molar-refractivity contribution in [3.05, 3.63) is 0 Å². The number of hydrogen-bond acceptors (Lipinski definition) is 3. The van der Waals surface area contributed by atoms with E-state index < -0.39 is 0 Å². The molecule has 2 amide bonds. The highest BCUT2D eigenvalue weighted by Crippen LogP contribution is 2.35. The van der Waals surface area contributed by atoms with Gasteiger partial charge in [0.25, 0.3) is 0 Å². The summed E-state index contributed by atoms with van der Waals surface area (Å²) in [5.74, 6) is 0.414. The van der Waals surface area contributed by atoms with Crippen molar-refractivity contribution in [2.24, 2.45) is 5.92 Å². The van der Waals surface area contributed by atoms with Crippen LogP contribution in [0.1, 0.15) is 32.6 Å². The lowest BCUT2D eigenvalue weighted by atomic mass is 10.0. The van der Waals surface area contributed by atoms with Crippen LogP contribution in [-0.4, -0.2) is 48.1 Å². The fraction of sp³-hybridized carbons (Fsp3) is 0.846. The standard InChI is InChI=1S/C13H20N2O3/c1-8(10-3-2-6-18-10)15-7-11(16)14-12(13(15)17)9-4-5-9/h8-10,12H,2-7H2,1H3,(H,14,16). The van der Waals surface area contributed by atoms with E-state index in [9.17, 15) is 9.59 Å². The van der Waals surface area contributed by atoms with Gasteiger partial charge in [0.2, 0.25) is 11.8 Å². The number of amides is 2. The molecule has 0 aromatic heterocycles. The quantitative estimate of drug-likeness (QED) is 0.785. The largest absolute Gasteiger partial charge is 0.376 e. The molecule has 0 aromatic rings. The summed E-state index contributed by atoms with van der Waals surface area (Å²) < 4.78 is 5.64. The normalized spacial score (nSPS) is 34.6. The lowest BCUT2D eigenvalue weighted by Gasteiger charge is -2.38. The second-order valence-electron chi connectivity index (χ2n) is 5.64. The first-order valence-electron chi connectivity index (χ1n) is 6.88. The summed E-state index contributed by atoms with van der Waals surface area (Å²) in [5, 5.41) is 2.83. The minimum Gasteiger partial charge on any atom is -0.376 e. The highest BCUT2D eigenvalue weighted by atomic mass is 16.5. The minimum absolute atomic E-state index is 0.00676. The Hall–Kier alpha value is -1.10. The van der Waals surface area contributed by atoms with Crippen molar-refractivity contribution in [2.45, 2.75) is 50.8 Å². The van der Waals surface area contributed by atoms with Crippen LogP contribution >= 0.6 is 0 Å². The number of hydrogen-bond donors (Lipinski definition) is 1. The van der Waals surface area contributed by atoms with Gasteiger partial charge in [0, 0.05) is 6.61 Å². The second-order valence-corrected chi connectivity index (χ2v) is 5.64. The molecule has 2 aliphatic heterocycles. The van der Waals surface area contributed by atoms with E-state index in [1.54, 1.807) is 4.90 Å². The van der Waals surface area contributed by atoms with Gasteiger partial charge in [0.05, 0.1) is 18.7 Å². The second kappa shape index (κ2) is 4.53. The predicted molar refractivity (Wildman–Crippen MR) is 64.8 cm³/mol. The molecule has 1 saturated carbocycles. The Morgan fingerprint density at radius 1 is 1.33 bits per heavy atom. The van der Waals surface area contributed by atoms with Gasteiger partial charge in [-0.1, -0.05) is 0 Å². The third-order valence-electron chi connectivity index (χ3n) is 4.27. The van der Waals surface area contributed by atoms with Crippen LogP contribution in [-0.2, 0) is 14.3 Å². The number of nitrogens with one attached hydrogen (secondary N) is 1. The Kier molecular flexibility index (Phi) is 3.01. The van der Waals surface area contributed by atoms with E-state index in [4.69, 9.17) is 4.74 Å². The molecule has 3 aliphatic rings. The van der Waals surface area contributed by atoms with Gasteiger partial charge in [-0.25, -0.2) is 0 Å². The molecule has 1 N–H and O–H groups in total. The van der Waals surface area contributed by atoms with E-state index in [1.807, 2.05) is 6.92 Å². The van der Waals surface area contributed by atoms with Crippen molar-refractivity contribution in [1.29, 1.82) is 0 Å². The van der Waals surface area contributed by atoms with Crippen LogP contribution in [0.4, 0.5) is 0 Å². The van der Waals surface area contributed by atoms with Crippen molar-refractivity contribution in [3.8, 4) is 0 Å². The maximum absolute atomic E-state index is 12.4. The minimum atomic E-state index is -0.282. The molecule has 0 bridgehead atoms. The summed E-state index contributed by atoms with van der Waals surface area (Å²) >= 11 is 0. The van der Waals surface area contributed by atoms with Crippen LogP contribution in [0.2, 0.25) is 0 Å². The zero-order valence-electron chi connectivity index (χ0n) is 10.7. The fourth-order valence-electron chi connectivity index (χ4n) is 2.97. The first kappa shape index (κ1) is 12.0. The molecule has 3 rings (SSSR count). The van der Waals surface area contributed by atoms with Crippen LogP contribution in [0, 0.1) is 5.92 Å². The molecule has 0 radical (unpaired) electrons. The molecule has 3 fully saturated rings. The third kappa shape index (κ3) is 2.11. The van der Waals surface area contributed by atoms with Crippen molar-refractivity contribution in [2.75, 3.05) is 13.2 Å². The Bertz CT molecular complexity index is 361. The average Bonchev–Trinajstić information content (AvgIpc) is 3.05. The summed E-state index contributed by atoms with van der Waals surface area (Å²) in [6, 6.07) is -0.276. The lowest BCUT2D eigenvalue weighted by molar-refractivity contribution is -0.149. The molecular weight excluding hydrogens is 232 g/mol. The molecule has 3 unspecified atom stereocenters.